The van der Waals surface area contributed by atoms with E-state index in [2.05, 4.69) is 18.2 Å². The van der Waals surface area contributed by atoms with E-state index < -0.39 is 0 Å². The fourth-order valence-corrected chi connectivity index (χ4v) is 4.48. The molecule has 4 rings (SSSR count). The Balaban J connectivity index is 1.60. The lowest BCUT2D eigenvalue weighted by molar-refractivity contribution is -0.145. The standard InChI is InChI=1S/C24H28O5/c1-14(24(26)28-3)23(16-5-6-16)18-7-4-15-9-11-20(29-21(15)13-18)17-8-10-19(25)22(12-17)27-2/h4,7-8,10,12-14,16,20,23,25H,5-6,9,11H2,1-3H3/t14-,20?,23-/m0/s1. The summed E-state index contributed by atoms with van der Waals surface area (Å²) in [5.74, 6) is 1.81. The summed E-state index contributed by atoms with van der Waals surface area (Å²) < 4.78 is 16.6. The summed E-state index contributed by atoms with van der Waals surface area (Å²) >= 11 is 0. The summed E-state index contributed by atoms with van der Waals surface area (Å²) in [6, 6.07) is 11.8. The minimum absolute atomic E-state index is 0.0929. The number of fused-ring (bicyclic) bond motifs is 1. The van der Waals surface area contributed by atoms with E-state index >= 15 is 0 Å². The van der Waals surface area contributed by atoms with Gasteiger partial charge < -0.3 is 19.3 Å². The van der Waals surface area contributed by atoms with Crippen molar-refractivity contribution in [3.05, 3.63) is 53.1 Å². The molecule has 0 bridgehead atoms. The van der Waals surface area contributed by atoms with Crippen molar-refractivity contribution in [2.24, 2.45) is 11.8 Å². The number of rotatable bonds is 6. The second-order valence-corrected chi connectivity index (χ2v) is 8.12. The van der Waals surface area contributed by atoms with Gasteiger partial charge in [0.15, 0.2) is 11.5 Å². The maximum Gasteiger partial charge on any atom is 0.309 e. The number of benzene rings is 2. The molecular weight excluding hydrogens is 368 g/mol. The number of methoxy groups -OCH3 is 2. The highest BCUT2D eigenvalue weighted by atomic mass is 16.5. The van der Waals surface area contributed by atoms with Crippen LogP contribution in [0.5, 0.6) is 17.2 Å². The van der Waals surface area contributed by atoms with Gasteiger partial charge in [-0.2, -0.15) is 0 Å². The van der Waals surface area contributed by atoms with Crippen molar-refractivity contribution in [2.45, 2.75) is 44.6 Å². The molecule has 1 aliphatic heterocycles. The first-order valence-corrected chi connectivity index (χ1v) is 10.3. The number of aryl methyl sites for hydroxylation is 1. The van der Waals surface area contributed by atoms with Crippen LogP contribution in [0.1, 0.15) is 54.9 Å². The van der Waals surface area contributed by atoms with Crippen LogP contribution in [-0.2, 0) is 16.0 Å². The maximum atomic E-state index is 12.2. The molecule has 2 aliphatic rings. The largest absolute Gasteiger partial charge is 0.504 e. The zero-order valence-corrected chi connectivity index (χ0v) is 17.2. The molecule has 0 aromatic heterocycles. The van der Waals surface area contributed by atoms with Gasteiger partial charge >= 0.3 is 5.97 Å². The predicted molar refractivity (Wildman–Crippen MR) is 109 cm³/mol. The Morgan fingerprint density at radius 1 is 1.14 bits per heavy atom. The summed E-state index contributed by atoms with van der Waals surface area (Å²) in [4.78, 5) is 12.2. The van der Waals surface area contributed by atoms with Gasteiger partial charge in [-0.15, -0.1) is 0 Å². The summed E-state index contributed by atoms with van der Waals surface area (Å²) in [5, 5.41) is 9.86. The smallest absolute Gasteiger partial charge is 0.309 e. The normalized spacial score (nSPS) is 20.2. The van der Waals surface area contributed by atoms with Crippen molar-refractivity contribution in [3.8, 4) is 17.2 Å². The van der Waals surface area contributed by atoms with Crippen molar-refractivity contribution >= 4 is 5.97 Å². The Labute approximate surface area is 171 Å². The fourth-order valence-electron chi connectivity index (χ4n) is 4.48. The fraction of sp³-hybridized carbons (Fsp3) is 0.458. The van der Waals surface area contributed by atoms with Crippen LogP contribution in [0.3, 0.4) is 0 Å². The highest BCUT2D eigenvalue weighted by Crippen LogP contribution is 2.48. The topological polar surface area (TPSA) is 65.0 Å². The van der Waals surface area contributed by atoms with Gasteiger partial charge in [0.2, 0.25) is 0 Å². The maximum absolute atomic E-state index is 12.2. The molecule has 1 N–H and O–H groups in total. The summed E-state index contributed by atoms with van der Waals surface area (Å²) in [5.41, 5.74) is 3.32. The Morgan fingerprint density at radius 2 is 1.93 bits per heavy atom. The molecule has 5 nitrogen and oxygen atoms in total. The molecule has 1 aliphatic carbocycles. The van der Waals surface area contributed by atoms with Gasteiger partial charge in [0.1, 0.15) is 11.9 Å². The summed E-state index contributed by atoms with van der Waals surface area (Å²) in [6.07, 6.45) is 4.00. The van der Waals surface area contributed by atoms with E-state index in [1.807, 2.05) is 19.1 Å². The second-order valence-electron chi connectivity index (χ2n) is 8.12. The Kier molecular flexibility index (Phi) is 5.39. The highest BCUT2D eigenvalue weighted by molar-refractivity contribution is 5.73. The second kappa shape index (κ2) is 7.97. The number of esters is 1. The van der Waals surface area contributed by atoms with Gasteiger partial charge in [0.25, 0.3) is 0 Å². The van der Waals surface area contributed by atoms with E-state index in [-0.39, 0.29) is 29.7 Å². The van der Waals surface area contributed by atoms with Crippen molar-refractivity contribution in [3.63, 3.8) is 0 Å². The van der Waals surface area contributed by atoms with Crippen LogP contribution in [-0.4, -0.2) is 25.3 Å². The molecule has 0 amide bonds. The van der Waals surface area contributed by atoms with Crippen molar-refractivity contribution in [2.75, 3.05) is 14.2 Å². The molecule has 1 heterocycles. The summed E-state index contributed by atoms with van der Waals surface area (Å²) in [6.45, 7) is 1.96. The molecule has 154 valence electrons. The van der Waals surface area contributed by atoms with Crippen LogP contribution < -0.4 is 9.47 Å². The molecule has 3 atom stereocenters. The van der Waals surface area contributed by atoms with Gasteiger partial charge in [-0.05, 0) is 72.4 Å². The Hall–Kier alpha value is -2.69. The molecule has 0 radical (unpaired) electrons. The van der Waals surface area contributed by atoms with E-state index in [0.717, 1.165) is 42.6 Å². The van der Waals surface area contributed by atoms with Crippen molar-refractivity contribution in [1.82, 2.24) is 0 Å². The minimum Gasteiger partial charge on any atom is -0.504 e. The molecule has 0 spiro atoms. The Morgan fingerprint density at radius 3 is 2.62 bits per heavy atom. The molecule has 1 fully saturated rings. The third-order valence-electron chi connectivity index (χ3n) is 6.24. The molecule has 2 aromatic rings. The first kappa shape index (κ1) is 19.6. The van der Waals surface area contributed by atoms with Crippen LogP contribution in [0.15, 0.2) is 36.4 Å². The molecule has 5 heteroatoms. The lowest BCUT2D eigenvalue weighted by Gasteiger charge is -2.29. The first-order chi connectivity index (χ1) is 14.0. The van der Waals surface area contributed by atoms with Crippen LogP contribution in [0.25, 0.3) is 0 Å². The number of hydrogen-bond donors (Lipinski definition) is 1. The molecule has 2 aromatic carbocycles. The van der Waals surface area contributed by atoms with Crippen molar-refractivity contribution < 1.29 is 24.1 Å². The number of hydrogen-bond acceptors (Lipinski definition) is 5. The molecular formula is C24H28O5. The van der Waals surface area contributed by atoms with Crippen LogP contribution in [0, 0.1) is 11.8 Å². The van der Waals surface area contributed by atoms with E-state index in [4.69, 9.17) is 14.2 Å². The molecule has 1 saturated carbocycles. The number of carbonyl (C=O) groups is 1. The molecule has 1 unspecified atom stereocenters. The van der Waals surface area contributed by atoms with Crippen LogP contribution in [0.2, 0.25) is 0 Å². The molecule has 0 saturated heterocycles. The third kappa shape index (κ3) is 3.91. The quantitative estimate of drug-likeness (QED) is 0.713. The lowest BCUT2D eigenvalue weighted by Crippen LogP contribution is -2.23. The SMILES string of the molecule is COC(=O)[C@@H](C)[C@H](c1ccc2c(c1)OC(c1ccc(O)c(OC)c1)CC2)C1CC1. The number of phenols is 1. The van der Waals surface area contributed by atoms with Crippen LogP contribution >= 0.6 is 0 Å². The zero-order valence-electron chi connectivity index (χ0n) is 17.2. The number of ether oxygens (including phenoxy) is 3. The van der Waals surface area contributed by atoms with Gasteiger partial charge in [-0.3, -0.25) is 4.79 Å². The van der Waals surface area contributed by atoms with E-state index in [1.165, 1.54) is 12.7 Å². The predicted octanol–water partition coefficient (Wildman–Crippen LogP) is 4.77. The third-order valence-corrected chi connectivity index (χ3v) is 6.24. The highest BCUT2D eigenvalue weighted by Gasteiger charge is 2.39. The van der Waals surface area contributed by atoms with E-state index in [1.54, 1.807) is 13.2 Å². The van der Waals surface area contributed by atoms with Gasteiger partial charge in [-0.1, -0.05) is 25.1 Å². The average molecular weight is 396 g/mol. The van der Waals surface area contributed by atoms with Gasteiger partial charge in [0.05, 0.1) is 20.1 Å². The lowest BCUT2D eigenvalue weighted by atomic mass is 9.82. The van der Waals surface area contributed by atoms with Crippen molar-refractivity contribution in [1.29, 1.82) is 0 Å². The van der Waals surface area contributed by atoms with E-state index in [0.29, 0.717) is 11.7 Å². The van der Waals surface area contributed by atoms with Crippen LogP contribution in [0.4, 0.5) is 0 Å². The number of phenolic OH excluding ortho intramolecular Hbond substituents is 1. The molecule has 29 heavy (non-hydrogen) atoms. The first-order valence-electron chi connectivity index (χ1n) is 10.3. The Bertz CT molecular complexity index is 902. The number of aromatic hydroxyl groups is 1. The monoisotopic (exact) mass is 396 g/mol. The average Bonchev–Trinajstić information content (AvgIpc) is 3.58. The minimum atomic E-state index is -0.175. The van der Waals surface area contributed by atoms with Gasteiger partial charge in [0, 0.05) is 0 Å². The van der Waals surface area contributed by atoms with E-state index in [9.17, 15) is 9.90 Å². The summed E-state index contributed by atoms with van der Waals surface area (Å²) in [7, 11) is 3.00. The number of carbonyl (C=O) groups excluding carboxylic acids is 1. The zero-order chi connectivity index (χ0) is 20.5. The van der Waals surface area contributed by atoms with Gasteiger partial charge in [-0.25, -0.2) is 0 Å².